The maximum atomic E-state index is 13.0. The van der Waals surface area contributed by atoms with E-state index in [1.807, 2.05) is 17.0 Å². The molecule has 0 saturated heterocycles. The number of nitrogens with zero attached hydrogens (tertiary/aromatic N) is 1. The number of carbonyl (C=O) groups is 1. The first-order chi connectivity index (χ1) is 11.7. The molecule has 1 aliphatic rings. The van der Waals surface area contributed by atoms with Gasteiger partial charge in [-0.05, 0) is 42.2 Å². The Hall–Kier alpha value is -1.75. The third kappa shape index (κ3) is 4.66. The number of benzene rings is 2. The lowest BCUT2D eigenvalue weighted by atomic mass is 10.0. The molecule has 1 aliphatic heterocycles. The molecule has 1 amide bonds. The second-order valence-electron chi connectivity index (χ2n) is 5.84. The van der Waals surface area contributed by atoms with E-state index in [2.05, 4.69) is 12.1 Å². The number of hydrogen-bond acceptors (Lipinski definition) is 3. The Labute approximate surface area is 159 Å². The van der Waals surface area contributed by atoms with Crippen molar-refractivity contribution in [3.63, 3.8) is 0 Å². The summed E-state index contributed by atoms with van der Waals surface area (Å²) in [6, 6.07) is 13.5. The monoisotopic (exact) mass is 380 g/mol. The fourth-order valence-electron chi connectivity index (χ4n) is 3.01. The third-order valence-electron chi connectivity index (χ3n) is 4.26. The van der Waals surface area contributed by atoms with Gasteiger partial charge in [-0.2, -0.15) is 0 Å². The number of nitrogens with two attached hydrogens (primary N) is 1. The average molecular weight is 381 g/mol. The number of hydrogen-bond donors (Lipinski definition) is 1. The van der Waals surface area contributed by atoms with Crippen LogP contribution >= 0.6 is 24.0 Å². The van der Waals surface area contributed by atoms with E-state index in [4.69, 9.17) is 22.1 Å². The van der Waals surface area contributed by atoms with Crippen molar-refractivity contribution in [2.24, 2.45) is 5.73 Å². The number of ether oxygens (including phenoxy) is 1. The summed E-state index contributed by atoms with van der Waals surface area (Å²) in [5.74, 6) is 0.494. The normalized spacial score (nSPS) is 13.4. The van der Waals surface area contributed by atoms with Crippen LogP contribution in [-0.2, 0) is 12.8 Å². The molecule has 2 aromatic rings. The Bertz CT molecular complexity index is 710. The second kappa shape index (κ2) is 9.09. The summed E-state index contributed by atoms with van der Waals surface area (Å²) in [6.07, 6.45) is 1.73. The second-order valence-corrected chi connectivity index (χ2v) is 6.27. The molecule has 0 saturated carbocycles. The van der Waals surface area contributed by atoms with Crippen molar-refractivity contribution >= 4 is 29.9 Å². The van der Waals surface area contributed by atoms with E-state index in [0.717, 1.165) is 12.8 Å². The topological polar surface area (TPSA) is 55.6 Å². The number of amides is 1. The van der Waals surface area contributed by atoms with Crippen LogP contribution in [0.15, 0.2) is 42.5 Å². The molecule has 2 aromatic carbocycles. The molecule has 0 spiro atoms. The number of halogens is 2. The first kappa shape index (κ1) is 19.6. The van der Waals surface area contributed by atoms with Crippen molar-refractivity contribution in [3.8, 4) is 5.75 Å². The summed E-state index contributed by atoms with van der Waals surface area (Å²) in [5.41, 5.74) is 8.64. The average Bonchev–Trinajstić information content (AvgIpc) is 2.83. The van der Waals surface area contributed by atoms with Crippen LogP contribution in [0.4, 0.5) is 0 Å². The van der Waals surface area contributed by atoms with Gasteiger partial charge in [-0.1, -0.05) is 35.9 Å². The first-order valence-electron chi connectivity index (χ1n) is 8.17. The highest BCUT2D eigenvalue weighted by Gasteiger charge is 2.22. The van der Waals surface area contributed by atoms with Gasteiger partial charge < -0.3 is 15.4 Å². The lowest BCUT2D eigenvalue weighted by molar-refractivity contribution is 0.0758. The van der Waals surface area contributed by atoms with Gasteiger partial charge in [0, 0.05) is 24.7 Å². The molecule has 6 heteroatoms. The molecule has 0 aliphatic carbocycles. The van der Waals surface area contributed by atoms with Crippen LogP contribution in [0, 0.1) is 0 Å². The molecule has 0 bridgehead atoms. The fourth-order valence-corrected chi connectivity index (χ4v) is 3.18. The first-order valence-corrected chi connectivity index (χ1v) is 8.55. The van der Waals surface area contributed by atoms with E-state index in [0.29, 0.717) is 42.6 Å². The van der Waals surface area contributed by atoms with E-state index < -0.39 is 0 Å². The van der Waals surface area contributed by atoms with Crippen molar-refractivity contribution in [2.75, 3.05) is 26.2 Å². The summed E-state index contributed by atoms with van der Waals surface area (Å²) >= 11 is 6.09. The highest BCUT2D eigenvalue weighted by Crippen LogP contribution is 2.26. The molecule has 0 atom stereocenters. The fraction of sp³-hybridized carbons (Fsp3) is 0.316. The highest BCUT2D eigenvalue weighted by atomic mass is 35.5. The van der Waals surface area contributed by atoms with Gasteiger partial charge in [0.2, 0.25) is 0 Å². The van der Waals surface area contributed by atoms with Crippen molar-refractivity contribution in [1.29, 1.82) is 0 Å². The summed E-state index contributed by atoms with van der Waals surface area (Å²) in [7, 11) is 0. The smallest absolute Gasteiger partial charge is 0.257 e. The van der Waals surface area contributed by atoms with Gasteiger partial charge >= 0.3 is 0 Å². The lowest BCUT2D eigenvalue weighted by Gasteiger charge is -2.22. The minimum atomic E-state index is -0.0441. The van der Waals surface area contributed by atoms with Gasteiger partial charge in [-0.15, -0.1) is 12.4 Å². The van der Waals surface area contributed by atoms with E-state index in [9.17, 15) is 4.79 Å². The largest absolute Gasteiger partial charge is 0.491 e. The van der Waals surface area contributed by atoms with Crippen molar-refractivity contribution in [2.45, 2.75) is 12.8 Å². The predicted molar refractivity (Wildman–Crippen MR) is 103 cm³/mol. The van der Waals surface area contributed by atoms with E-state index in [-0.39, 0.29) is 18.3 Å². The Morgan fingerprint density at radius 1 is 1.12 bits per heavy atom. The van der Waals surface area contributed by atoms with E-state index >= 15 is 0 Å². The van der Waals surface area contributed by atoms with Gasteiger partial charge in [-0.25, -0.2) is 0 Å². The minimum Gasteiger partial charge on any atom is -0.491 e. The standard InChI is InChI=1S/C19H21ClN2O2.ClH/c20-16-5-6-18(24-12-9-21)17(13-16)19(23)22-10-7-14-3-1-2-4-15(14)8-11-22;/h1-6,13H,7-12,21H2;1H. The molecule has 134 valence electrons. The maximum Gasteiger partial charge on any atom is 0.257 e. The van der Waals surface area contributed by atoms with Crippen LogP contribution in [0.25, 0.3) is 0 Å². The zero-order chi connectivity index (χ0) is 16.9. The summed E-state index contributed by atoms with van der Waals surface area (Å²) < 4.78 is 5.62. The molecule has 0 unspecified atom stereocenters. The maximum absolute atomic E-state index is 13.0. The predicted octanol–water partition coefficient (Wildman–Crippen LogP) is 3.34. The minimum absolute atomic E-state index is 0. The van der Waals surface area contributed by atoms with Gasteiger partial charge in [0.15, 0.2) is 0 Å². The van der Waals surface area contributed by atoms with Crippen LogP contribution in [0.2, 0.25) is 5.02 Å². The Balaban J connectivity index is 0.00000225. The number of carbonyl (C=O) groups excluding carboxylic acids is 1. The quantitative estimate of drug-likeness (QED) is 0.884. The number of fused-ring (bicyclic) bond motifs is 1. The Kier molecular flexibility index (Phi) is 7.12. The third-order valence-corrected chi connectivity index (χ3v) is 4.49. The SMILES string of the molecule is Cl.NCCOc1ccc(Cl)cc1C(=O)N1CCc2ccccc2CC1. The molecule has 2 N–H and O–H groups in total. The summed E-state index contributed by atoms with van der Waals surface area (Å²) in [4.78, 5) is 14.9. The van der Waals surface area contributed by atoms with Gasteiger partial charge in [0.25, 0.3) is 5.91 Å². The van der Waals surface area contributed by atoms with Crippen molar-refractivity contribution < 1.29 is 9.53 Å². The Morgan fingerprint density at radius 3 is 2.36 bits per heavy atom. The molecule has 0 radical (unpaired) electrons. The van der Waals surface area contributed by atoms with E-state index in [1.165, 1.54) is 11.1 Å². The Morgan fingerprint density at radius 2 is 1.76 bits per heavy atom. The zero-order valence-corrected chi connectivity index (χ0v) is 15.5. The molecular weight excluding hydrogens is 359 g/mol. The van der Waals surface area contributed by atoms with Crippen molar-refractivity contribution in [3.05, 3.63) is 64.2 Å². The number of rotatable bonds is 4. The van der Waals surface area contributed by atoms with Crippen LogP contribution in [0.5, 0.6) is 5.75 Å². The molecule has 1 heterocycles. The molecular formula is C19H22Cl2N2O2. The van der Waals surface area contributed by atoms with Crippen LogP contribution in [0.3, 0.4) is 0 Å². The molecule has 25 heavy (non-hydrogen) atoms. The zero-order valence-electron chi connectivity index (χ0n) is 13.9. The van der Waals surface area contributed by atoms with Crippen LogP contribution in [-0.4, -0.2) is 37.0 Å². The molecule has 4 nitrogen and oxygen atoms in total. The van der Waals surface area contributed by atoms with Crippen LogP contribution < -0.4 is 10.5 Å². The molecule has 0 aromatic heterocycles. The summed E-state index contributed by atoms with van der Waals surface area (Å²) in [5, 5.41) is 0.525. The van der Waals surface area contributed by atoms with Crippen molar-refractivity contribution in [1.82, 2.24) is 4.90 Å². The van der Waals surface area contributed by atoms with Gasteiger partial charge in [0.1, 0.15) is 12.4 Å². The molecule has 3 rings (SSSR count). The van der Waals surface area contributed by atoms with Crippen LogP contribution in [0.1, 0.15) is 21.5 Å². The lowest BCUT2D eigenvalue weighted by Crippen LogP contribution is -2.33. The van der Waals surface area contributed by atoms with Gasteiger partial charge in [0.05, 0.1) is 5.56 Å². The highest BCUT2D eigenvalue weighted by molar-refractivity contribution is 6.31. The molecule has 0 fully saturated rings. The van der Waals surface area contributed by atoms with E-state index in [1.54, 1.807) is 18.2 Å². The van der Waals surface area contributed by atoms with Gasteiger partial charge in [-0.3, -0.25) is 4.79 Å². The summed E-state index contributed by atoms with van der Waals surface area (Å²) in [6.45, 7) is 2.15.